The minimum Gasteiger partial charge on any atom is -0.376 e. The topological polar surface area (TPSA) is 99.8 Å². The first kappa shape index (κ1) is 20.8. The maximum absolute atomic E-state index is 12.2. The molecule has 154 valence electrons. The van der Waals surface area contributed by atoms with Gasteiger partial charge in [-0.05, 0) is 48.6 Å². The lowest BCUT2D eigenvalue weighted by molar-refractivity contribution is -0.116. The summed E-state index contributed by atoms with van der Waals surface area (Å²) >= 11 is 1.34. The lowest BCUT2D eigenvalue weighted by atomic mass is 10.2. The summed E-state index contributed by atoms with van der Waals surface area (Å²) in [5.74, 6) is -0.490. The average Bonchev–Trinajstić information content (AvgIpc) is 3.41. The summed E-state index contributed by atoms with van der Waals surface area (Å²) < 4.78 is 5.46. The quantitative estimate of drug-likeness (QED) is 0.646. The Hall–Kier alpha value is -2.91. The van der Waals surface area contributed by atoms with Crippen molar-refractivity contribution in [1.82, 2.24) is 10.2 Å². The van der Waals surface area contributed by atoms with Crippen molar-refractivity contribution in [1.29, 1.82) is 0 Å². The lowest BCUT2D eigenvalue weighted by Crippen LogP contribution is -2.35. The molecule has 0 radical (unpaired) electrons. The van der Waals surface area contributed by atoms with E-state index in [2.05, 4.69) is 16.0 Å². The first-order chi connectivity index (χ1) is 14.0. The zero-order valence-electron chi connectivity index (χ0n) is 16.1. The van der Waals surface area contributed by atoms with Gasteiger partial charge in [-0.15, -0.1) is 11.3 Å². The van der Waals surface area contributed by atoms with Crippen molar-refractivity contribution in [2.75, 3.05) is 37.4 Å². The van der Waals surface area contributed by atoms with Gasteiger partial charge in [0.1, 0.15) is 0 Å². The fourth-order valence-electron chi connectivity index (χ4n) is 2.90. The molecule has 4 amide bonds. The van der Waals surface area contributed by atoms with Gasteiger partial charge in [0, 0.05) is 31.6 Å². The molecule has 1 aliphatic rings. The number of likely N-dealkylation sites (N-methyl/N-ethyl adjacent to an activating group) is 1. The van der Waals surface area contributed by atoms with E-state index in [1.54, 1.807) is 43.4 Å². The van der Waals surface area contributed by atoms with Crippen molar-refractivity contribution in [2.45, 2.75) is 18.9 Å². The number of thiophene rings is 1. The fourth-order valence-corrected chi connectivity index (χ4v) is 3.62. The molecule has 1 unspecified atom stereocenters. The summed E-state index contributed by atoms with van der Waals surface area (Å²) in [5, 5.41) is 10.1. The van der Waals surface area contributed by atoms with Crippen LogP contribution in [-0.4, -0.2) is 55.6 Å². The van der Waals surface area contributed by atoms with Crippen LogP contribution in [0.5, 0.6) is 0 Å². The van der Waals surface area contributed by atoms with Crippen molar-refractivity contribution in [2.24, 2.45) is 0 Å². The summed E-state index contributed by atoms with van der Waals surface area (Å²) in [7, 11) is 1.59. The van der Waals surface area contributed by atoms with Gasteiger partial charge < -0.3 is 25.6 Å². The third-order valence-corrected chi connectivity index (χ3v) is 5.26. The van der Waals surface area contributed by atoms with Gasteiger partial charge in [0.2, 0.25) is 5.91 Å². The average molecular weight is 417 g/mol. The number of anilines is 2. The monoisotopic (exact) mass is 416 g/mol. The molecular formula is C20H24N4O4S. The zero-order valence-corrected chi connectivity index (χ0v) is 17.0. The van der Waals surface area contributed by atoms with Crippen LogP contribution >= 0.6 is 11.3 Å². The van der Waals surface area contributed by atoms with Gasteiger partial charge in [0.05, 0.1) is 17.5 Å². The molecule has 1 aromatic carbocycles. The van der Waals surface area contributed by atoms with Gasteiger partial charge in [0.25, 0.3) is 5.91 Å². The first-order valence-corrected chi connectivity index (χ1v) is 10.2. The van der Waals surface area contributed by atoms with Crippen molar-refractivity contribution in [3.05, 3.63) is 46.7 Å². The van der Waals surface area contributed by atoms with Crippen LogP contribution in [0.4, 0.5) is 16.2 Å². The van der Waals surface area contributed by atoms with Gasteiger partial charge >= 0.3 is 6.03 Å². The molecule has 0 bridgehead atoms. The predicted molar refractivity (Wildman–Crippen MR) is 112 cm³/mol. The highest BCUT2D eigenvalue weighted by molar-refractivity contribution is 7.12. The molecule has 2 heterocycles. The summed E-state index contributed by atoms with van der Waals surface area (Å²) in [4.78, 5) is 38.3. The van der Waals surface area contributed by atoms with Gasteiger partial charge in [-0.2, -0.15) is 0 Å². The lowest BCUT2D eigenvalue weighted by Gasteiger charge is -2.16. The maximum Gasteiger partial charge on any atom is 0.319 e. The number of nitrogens with one attached hydrogen (secondary N) is 3. The summed E-state index contributed by atoms with van der Waals surface area (Å²) in [5.41, 5.74) is 1.19. The van der Waals surface area contributed by atoms with E-state index >= 15 is 0 Å². The Bertz CT molecular complexity index is 833. The van der Waals surface area contributed by atoms with E-state index in [9.17, 15) is 14.4 Å². The van der Waals surface area contributed by atoms with Crippen LogP contribution in [0, 0.1) is 0 Å². The Morgan fingerprint density at radius 3 is 2.48 bits per heavy atom. The number of urea groups is 1. The summed E-state index contributed by atoms with van der Waals surface area (Å²) in [6.07, 6.45) is 2.07. The second-order valence-corrected chi connectivity index (χ2v) is 7.68. The number of nitrogens with zero attached hydrogens (tertiary/aromatic N) is 1. The van der Waals surface area contributed by atoms with E-state index in [0.717, 1.165) is 19.4 Å². The summed E-state index contributed by atoms with van der Waals surface area (Å²) in [6.45, 7) is 1.18. The zero-order chi connectivity index (χ0) is 20.6. The van der Waals surface area contributed by atoms with Crippen molar-refractivity contribution >= 4 is 40.6 Å². The van der Waals surface area contributed by atoms with Gasteiger partial charge in [-0.25, -0.2) is 4.79 Å². The molecule has 9 heteroatoms. The molecule has 8 nitrogen and oxygen atoms in total. The normalized spacial score (nSPS) is 15.6. The highest BCUT2D eigenvalue weighted by Crippen LogP contribution is 2.15. The number of rotatable bonds is 7. The van der Waals surface area contributed by atoms with E-state index in [0.29, 0.717) is 22.8 Å². The maximum atomic E-state index is 12.2. The number of benzene rings is 1. The molecule has 2 aromatic rings. The van der Waals surface area contributed by atoms with Crippen LogP contribution in [-0.2, 0) is 9.53 Å². The second kappa shape index (κ2) is 10.0. The van der Waals surface area contributed by atoms with Crippen LogP contribution in [0.1, 0.15) is 22.5 Å². The number of carbonyl (C=O) groups excluding carboxylic acids is 3. The van der Waals surface area contributed by atoms with Crippen LogP contribution in [0.2, 0.25) is 0 Å². The molecule has 3 N–H and O–H groups in total. The Morgan fingerprint density at radius 1 is 1.14 bits per heavy atom. The molecule has 1 atom stereocenters. The molecule has 1 fully saturated rings. The minimum atomic E-state index is -0.300. The standard InChI is InChI=1S/C20H24N4O4S/c1-24(19(26)17-5-3-11-29-17)13-18(25)22-14-6-8-15(9-7-14)23-20(27)21-12-16-4-2-10-28-16/h3,5-9,11,16H,2,4,10,12-13H2,1H3,(H,22,25)(H2,21,23,27). The number of ether oxygens (including phenoxy) is 1. The third kappa shape index (κ3) is 6.30. The van der Waals surface area contributed by atoms with Crippen LogP contribution in [0.25, 0.3) is 0 Å². The molecule has 1 aromatic heterocycles. The molecule has 29 heavy (non-hydrogen) atoms. The minimum absolute atomic E-state index is 0.0532. The Balaban J connectivity index is 1.42. The number of hydrogen-bond donors (Lipinski definition) is 3. The van der Waals surface area contributed by atoms with Crippen molar-refractivity contribution < 1.29 is 19.1 Å². The van der Waals surface area contributed by atoms with Gasteiger partial charge in [-0.1, -0.05) is 6.07 Å². The first-order valence-electron chi connectivity index (χ1n) is 9.36. The Labute approximate surface area is 173 Å². The van der Waals surface area contributed by atoms with Crippen LogP contribution in [0.3, 0.4) is 0 Å². The van der Waals surface area contributed by atoms with E-state index in [4.69, 9.17) is 4.74 Å². The van der Waals surface area contributed by atoms with Crippen molar-refractivity contribution in [3.8, 4) is 0 Å². The Morgan fingerprint density at radius 2 is 1.86 bits per heavy atom. The molecule has 1 aliphatic heterocycles. The van der Waals surface area contributed by atoms with E-state index in [1.807, 2.05) is 5.38 Å². The fraction of sp³-hybridized carbons (Fsp3) is 0.350. The van der Waals surface area contributed by atoms with E-state index < -0.39 is 0 Å². The van der Waals surface area contributed by atoms with E-state index in [-0.39, 0.29) is 30.5 Å². The molecule has 1 saturated heterocycles. The molecule has 0 saturated carbocycles. The molecular weight excluding hydrogens is 392 g/mol. The van der Waals surface area contributed by atoms with Crippen molar-refractivity contribution in [3.63, 3.8) is 0 Å². The molecule has 0 spiro atoms. The van der Waals surface area contributed by atoms with Gasteiger partial charge in [0.15, 0.2) is 0 Å². The highest BCUT2D eigenvalue weighted by atomic mass is 32.1. The summed E-state index contributed by atoms with van der Waals surface area (Å²) in [6, 6.07) is 9.99. The number of carbonyl (C=O) groups is 3. The SMILES string of the molecule is CN(CC(=O)Nc1ccc(NC(=O)NCC2CCCO2)cc1)C(=O)c1cccs1. The molecule has 0 aliphatic carbocycles. The number of hydrogen-bond acceptors (Lipinski definition) is 5. The second-order valence-electron chi connectivity index (χ2n) is 6.73. The smallest absolute Gasteiger partial charge is 0.319 e. The van der Waals surface area contributed by atoms with Gasteiger partial charge in [-0.3, -0.25) is 9.59 Å². The predicted octanol–water partition coefficient (Wildman–Crippen LogP) is 2.76. The van der Waals surface area contributed by atoms with Crippen LogP contribution in [0.15, 0.2) is 41.8 Å². The highest BCUT2D eigenvalue weighted by Gasteiger charge is 2.17. The van der Waals surface area contributed by atoms with Crippen LogP contribution < -0.4 is 16.0 Å². The van der Waals surface area contributed by atoms with E-state index in [1.165, 1.54) is 16.2 Å². The largest absolute Gasteiger partial charge is 0.376 e. The Kier molecular flexibility index (Phi) is 7.20. The number of amides is 4. The molecule has 3 rings (SSSR count). The third-order valence-electron chi connectivity index (χ3n) is 4.40.